The van der Waals surface area contributed by atoms with Crippen LogP contribution in [0, 0.1) is 12.7 Å². The van der Waals surface area contributed by atoms with E-state index in [2.05, 4.69) is 4.72 Å². The molecule has 0 fully saturated rings. The van der Waals surface area contributed by atoms with Crippen molar-refractivity contribution in [2.24, 2.45) is 0 Å². The number of benzene rings is 1. The third kappa shape index (κ3) is 3.99. The largest absolute Gasteiger partial charge is 0.478 e. The van der Waals surface area contributed by atoms with E-state index < -0.39 is 27.4 Å². The van der Waals surface area contributed by atoms with Gasteiger partial charge in [-0.2, -0.15) is 0 Å². The molecular weight excluding hydrogens is 287 g/mol. The van der Waals surface area contributed by atoms with Crippen LogP contribution in [0.1, 0.15) is 15.9 Å². The highest BCUT2D eigenvalue weighted by molar-refractivity contribution is 7.89. The van der Waals surface area contributed by atoms with Crippen molar-refractivity contribution in [3.05, 3.63) is 29.1 Å². The second kappa shape index (κ2) is 6.29. The van der Waals surface area contributed by atoms with Crippen molar-refractivity contribution in [2.45, 2.75) is 11.8 Å². The minimum absolute atomic E-state index is 0.0297. The molecule has 0 bridgehead atoms. The fourth-order valence-corrected chi connectivity index (χ4v) is 2.67. The second-order valence-corrected chi connectivity index (χ2v) is 6.37. The zero-order valence-corrected chi connectivity index (χ0v) is 12.3. The van der Waals surface area contributed by atoms with Crippen LogP contribution in [-0.4, -0.2) is 51.6 Å². The summed E-state index contributed by atoms with van der Waals surface area (Å²) >= 11 is 0. The van der Waals surface area contributed by atoms with Crippen molar-refractivity contribution in [1.29, 1.82) is 0 Å². The number of nitrogens with one attached hydrogen (secondary N) is 1. The third-order valence-corrected chi connectivity index (χ3v) is 4.06. The van der Waals surface area contributed by atoms with Crippen LogP contribution in [-0.2, 0) is 10.0 Å². The second-order valence-electron chi connectivity index (χ2n) is 4.61. The maximum Gasteiger partial charge on any atom is 0.338 e. The molecule has 2 N–H and O–H groups in total. The Hall–Kier alpha value is -1.51. The molecule has 112 valence electrons. The van der Waals surface area contributed by atoms with Gasteiger partial charge in [0.2, 0.25) is 10.0 Å². The van der Waals surface area contributed by atoms with Crippen molar-refractivity contribution >= 4 is 16.0 Å². The van der Waals surface area contributed by atoms with E-state index in [9.17, 15) is 17.6 Å². The molecule has 6 nitrogen and oxygen atoms in total. The van der Waals surface area contributed by atoms with Gasteiger partial charge in [-0.25, -0.2) is 22.3 Å². The number of hydrogen-bond donors (Lipinski definition) is 2. The molecule has 0 aliphatic carbocycles. The van der Waals surface area contributed by atoms with Gasteiger partial charge in [0.1, 0.15) is 5.82 Å². The zero-order chi connectivity index (χ0) is 15.5. The Balaban J connectivity index is 3.10. The summed E-state index contributed by atoms with van der Waals surface area (Å²) in [4.78, 5) is 12.4. The molecule has 0 atom stereocenters. The Morgan fingerprint density at radius 1 is 1.40 bits per heavy atom. The summed E-state index contributed by atoms with van der Waals surface area (Å²) in [5.74, 6) is -2.43. The number of sulfonamides is 1. The monoisotopic (exact) mass is 304 g/mol. The van der Waals surface area contributed by atoms with Crippen LogP contribution in [0.5, 0.6) is 0 Å². The fourth-order valence-electron chi connectivity index (χ4n) is 1.53. The van der Waals surface area contributed by atoms with Gasteiger partial charge >= 0.3 is 5.97 Å². The van der Waals surface area contributed by atoms with Crippen LogP contribution in [0.25, 0.3) is 0 Å². The van der Waals surface area contributed by atoms with Crippen LogP contribution in [0.3, 0.4) is 0 Å². The van der Waals surface area contributed by atoms with E-state index in [0.29, 0.717) is 6.54 Å². The van der Waals surface area contributed by atoms with Crippen molar-refractivity contribution < 1.29 is 22.7 Å². The Labute approximate surface area is 117 Å². The predicted molar refractivity (Wildman–Crippen MR) is 71.8 cm³/mol. The summed E-state index contributed by atoms with van der Waals surface area (Å²) in [6.45, 7) is 1.99. The number of likely N-dealkylation sites (N-methyl/N-ethyl adjacent to an activating group) is 1. The van der Waals surface area contributed by atoms with Crippen molar-refractivity contribution in [3.63, 3.8) is 0 Å². The Kier molecular flexibility index (Phi) is 5.21. The number of halogens is 1. The molecule has 0 amide bonds. The number of carboxylic acids is 1. The lowest BCUT2D eigenvalue weighted by atomic mass is 10.1. The summed E-state index contributed by atoms with van der Waals surface area (Å²) in [7, 11) is -0.277. The van der Waals surface area contributed by atoms with Gasteiger partial charge in [0.25, 0.3) is 0 Å². The highest BCUT2D eigenvalue weighted by Gasteiger charge is 2.20. The highest BCUT2D eigenvalue weighted by atomic mass is 32.2. The lowest BCUT2D eigenvalue weighted by Gasteiger charge is -2.12. The van der Waals surface area contributed by atoms with E-state index in [0.717, 1.165) is 12.1 Å². The van der Waals surface area contributed by atoms with E-state index in [1.165, 1.54) is 6.92 Å². The number of carboxylic acid groups (broad SMARTS) is 1. The summed E-state index contributed by atoms with van der Waals surface area (Å²) in [6.07, 6.45) is 0. The van der Waals surface area contributed by atoms with Crippen LogP contribution in [0.2, 0.25) is 0 Å². The quantitative estimate of drug-likeness (QED) is 0.807. The Morgan fingerprint density at radius 3 is 2.50 bits per heavy atom. The maximum absolute atomic E-state index is 13.6. The fraction of sp³-hybridized carbons (Fsp3) is 0.417. The van der Waals surface area contributed by atoms with Crippen molar-refractivity contribution in [3.8, 4) is 0 Å². The van der Waals surface area contributed by atoms with Crippen LogP contribution >= 0.6 is 0 Å². The standard InChI is InChI=1S/C12H17FN2O4S/c1-8-6-9(7-10(11(8)13)12(16)17)20(18,19)14-4-5-15(2)3/h6-7,14H,4-5H2,1-3H3,(H,16,17). The van der Waals surface area contributed by atoms with Gasteiger partial charge < -0.3 is 10.0 Å². The minimum Gasteiger partial charge on any atom is -0.478 e. The third-order valence-electron chi connectivity index (χ3n) is 2.62. The molecule has 0 spiro atoms. The highest BCUT2D eigenvalue weighted by Crippen LogP contribution is 2.19. The van der Waals surface area contributed by atoms with E-state index >= 15 is 0 Å². The average molecular weight is 304 g/mol. The predicted octanol–water partition coefficient (Wildman–Crippen LogP) is 0.672. The molecule has 0 radical (unpaired) electrons. The van der Waals surface area contributed by atoms with Gasteiger partial charge in [-0.05, 0) is 38.7 Å². The van der Waals surface area contributed by atoms with Crippen LogP contribution in [0.15, 0.2) is 17.0 Å². The number of aromatic carboxylic acids is 1. The lowest BCUT2D eigenvalue weighted by molar-refractivity contribution is 0.0691. The molecule has 0 aliphatic rings. The molecule has 0 saturated carbocycles. The summed E-state index contributed by atoms with van der Waals surface area (Å²) in [6, 6.07) is 1.93. The van der Waals surface area contributed by atoms with E-state index in [-0.39, 0.29) is 17.0 Å². The van der Waals surface area contributed by atoms with Gasteiger partial charge in [-0.3, -0.25) is 0 Å². The first-order valence-corrected chi connectivity index (χ1v) is 7.31. The first-order chi connectivity index (χ1) is 9.15. The molecule has 8 heteroatoms. The smallest absolute Gasteiger partial charge is 0.338 e. The van der Waals surface area contributed by atoms with E-state index in [1.807, 2.05) is 0 Å². The topological polar surface area (TPSA) is 86.7 Å². The number of nitrogens with zero attached hydrogens (tertiary/aromatic N) is 1. The van der Waals surface area contributed by atoms with Crippen LogP contribution in [0.4, 0.5) is 4.39 Å². The van der Waals surface area contributed by atoms with Crippen molar-refractivity contribution in [1.82, 2.24) is 9.62 Å². The van der Waals surface area contributed by atoms with Gasteiger partial charge in [-0.15, -0.1) is 0 Å². The average Bonchev–Trinajstić information content (AvgIpc) is 2.31. The first kappa shape index (κ1) is 16.5. The molecule has 20 heavy (non-hydrogen) atoms. The molecule has 0 unspecified atom stereocenters. The first-order valence-electron chi connectivity index (χ1n) is 5.83. The van der Waals surface area contributed by atoms with Crippen molar-refractivity contribution in [2.75, 3.05) is 27.2 Å². The molecular formula is C12H17FN2O4S. The van der Waals surface area contributed by atoms with Gasteiger partial charge in [0.05, 0.1) is 10.5 Å². The summed E-state index contributed by atoms with van der Waals surface area (Å²) < 4.78 is 39.9. The minimum atomic E-state index is -3.86. The van der Waals surface area contributed by atoms with E-state index in [1.54, 1.807) is 19.0 Å². The molecule has 0 aromatic heterocycles. The Morgan fingerprint density at radius 2 is 2.00 bits per heavy atom. The lowest BCUT2D eigenvalue weighted by Crippen LogP contribution is -2.31. The number of hydrogen-bond acceptors (Lipinski definition) is 4. The molecule has 0 heterocycles. The number of rotatable bonds is 6. The summed E-state index contributed by atoms with van der Waals surface area (Å²) in [5, 5.41) is 8.87. The molecule has 1 aromatic rings. The zero-order valence-electron chi connectivity index (χ0n) is 11.5. The van der Waals surface area contributed by atoms with Gasteiger partial charge in [-0.1, -0.05) is 0 Å². The molecule has 0 aliphatic heterocycles. The van der Waals surface area contributed by atoms with Gasteiger partial charge in [0, 0.05) is 13.1 Å². The van der Waals surface area contributed by atoms with Gasteiger partial charge in [0.15, 0.2) is 0 Å². The maximum atomic E-state index is 13.6. The Bertz CT molecular complexity index is 614. The molecule has 1 rings (SSSR count). The van der Waals surface area contributed by atoms with Crippen LogP contribution < -0.4 is 4.72 Å². The normalized spacial score (nSPS) is 11.8. The van der Waals surface area contributed by atoms with E-state index in [4.69, 9.17) is 5.11 Å². The number of carbonyl (C=O) groups is 1. The molecule has 1 aromatic carbocycles. The SMILES string of the molecule is Cc1cc(S(=O)(=O)NCCN(C)C)cc(C(=O)O)c1F. The number of aryl methyl sites for hydroxylation is 1. The molecule has 0 saturated heterocycles. The summed E-state index contributed by atoms with van der Waals surface area (Å²) in [5.41, 5.74) is -0.684.